The molecule has 0 radical (unpaired) electrons. The zero-order valence-corrected chi connectivity index (χ0v) is 38.7. The number of hydrogen-bond acceptors (Lipinski definition) is 16. The summed E-state index contributed by atoms with van der Waals surface area (Å²) in [5.74, 6) is 2.87. The Kier molecular flexibility index (Phi) is 13.3. The van der Waals surface area contributed by atoms with E-state index in [0.29, 0.717) is 72.1 Å². The van der Waals surface area contributed by atoms with Gasteiger partial charge in [-0.2, -0.15) is 9.44 Å². The van der Waals surface area contributed by atoms with Crippen molar-refractivity contribution in [1.82, 2.24) is 29.4 Å². The number of thiophene rings is 2. The molecule has 0 bridgehead atoms. The predicted octanol–water partition coefficient (Wildman–Crippen LogP) is 7.86. The van der Waals surface area contributed by atoms with E-state index in [0.717, 1.165) is 43.0 Å². The average Bonchev–Trinajstić information content (AvgIpc) is 3.80. The molecule has 6 aromatic heterocycles. The standard InChI is InChI=1S/2C23H21N3O5S2/c2*1-29-20-14-24-9-7-17(20)22(21-12-15-4-2-8-25-23(15)32-21)26-33(27,28)16-5-6-18-19(13-16)31-11-3-10-30-18/h2*2,4-9,12-14,22,26H,3,10-11H2,1H3/t2*22-/m10/s1. The Morgan fingerprint density at radius 3 is 1.38 bits per heavy atom. The summed E-state index contributed by atoms with van der Waals surface area (Å²) >= 11 is 2.84. The molecule has 0 spiro atoms. The zero-order chi connectivity index (χ0) is 45.7. The van der Waals surface area contributed by atoms with Crippen molar-refractivity contribution in [1.29, 1.82) is 0 Å². The van der Waals surface area contributed by atoms with Gasteiger partial charge < -0.3 is 28.4 Å². The minimum absolute atomic E-state index is 0.0870. The molecule has 0 fully saturated rings. The van der Waals surface area contributed by atoms with Crippen molar-refractivity contribution >= 4 is 63.2 Å². The Morgan fingerprint density at radius 2 is 0.970 bits per heavy atom. The second-order valence-corrected chi connectivity index (χ2v) is 20.3. The van der Waals surface area contributed by atoms with E-state index in [2.05, 4.69) is 29.4 Å². The summed E-state index contributed by atoms with van der Waals surface area (Å²) in [6.07, 6.45) is 11.2. The molecule has 10 rings (SSSR count). The maximum atomic E-state index is 13.5. The Labute approximate surface area is 388 Å². The maximum Gasteiger partial charge on any atom is 0.241 e. The van der Waals surface area contributed by atoms with Crippen molar-refractivity contribution in [2.45, 2.75) is 34.7 Å². The molecule has 0 unspecified atom stereocenters. The number of fused-ring (bicyclic) bond motifs is 4. The lowest BCUT2D eigenvalue weighted by Crippen LogP contribution is -2.29. The normalized spacial score (nSPS) is 14.6. The fourth-order valence-electron chi connectivity index (χ4n) is 7.29. The van der Waals surface area contributed by atoms with Crippen molar-refractivity contribution in [2.24, 2.45) is 0 Å². The molecule has 16 nitrogen and oxygen atoms in total. The van der Waals surface area contributed by atoms with Crippen LogP contribution in [0, 0.1) is 0 Å². The summed E-state index contributed by atoms with van der Waals surface area (Å²) in [6.45, 7) is 1.99. The molecule has 0 amide bonds. The molecule has 2 aliphatic rings. The zero-order valence-electron chi connectivity index (χ0n) is 35.4. The topological polar surface area (TPSA) is 199 Å². The predicted molar refractivity (Wildman–Crippen MR) is 249 cm³/mol. The molecular weight excluding hydrogens is 925 g/mol. The first-order chi connectivity index (χ1) is 32.1. The number of sulfonamides is 2. The number of methoxy groups -OCH3 is 2. The highest BCUT2D eigenvalue weighted by Gasteiger charge is 2.30. The van der Waals surface area contributed by atoms with Gasteiger partial charge in [0, 0.05) is 81.4 Å². The first-order valence-corrected chi connectivity index (χ1v) is 25.2. The van der Waals surface area contributed by atoms with Crippen LogP contribution in [0.2, 0.25) is 0 Å². The van der Waals surface area contributed by atoms with Gasteiger partial charge in [0.2, 0.25) is 20.0 Å². The van der Waals surface area contributed by atoms with E-state index in [9.17, 15) is 16.8 Å². The van der Waals surface area contributed by atoms with Crippen LogP contribution >= 0.6 is 22.7 Å². The van der Waals surface area contributed by atoms with Crippen molar-refractivity contribution in [3.63, 3.8) is 0 Å². The molecule has 0 saturated heterocycles. The number of hydrogen-bond donors (Lipinski definition) is 2. The first-order valence-electron chi connectivity index (χ1n) is 20.6. The Morgan fingerprint density at radius 1 is 0.545 bits per heavy atom. The van der Waals surface area contributed by atoms with Gasteiger partial charge in [0.15, 0.2) is 23.0 Å². The average molecular weight is 967 g/mol. The van der Waals surface area contributed by atoms with Crippen LogP contribution in [-0.2, 0) is 20.0 Å². The highest BCUT2D eigenvalue weighted by atomic mass is 32.2. The van der Waals surface area contributed by atoms with Crippen molar-refractivity contribution in [3.8, 4) is 34.5 Å². The minimum atomic E-state index is -3.94. The summed E-state index contributed by atoms with van der Waals surface area (Å²) < 4.78 is 93.3. The number of rotatable bonds is 12. The van der Waals surface area contributed by atoms with Gasteiger partial charge in [0.05, 0.1) is 74.9 Å². The lowest BCUT2D eigenvalue weighted by Gasteiger charge is -2.20. The van der Waals surface area contributed by atoms with Crippen LogP contribution in [0.15, 0.2) is 132 Å². The van der Waals surface area contributed by atoms with Gasteiger partial charge in [-0.15, -0.1) is 22.7 Å². The van der Waals surface area contributed by atoms with E-state index in [-0.39, 0.29) is 9.79 Å². The second kappa shape index (κ2) is 19.6. The van der Waals surface area contributed by atoms with E-state index in [1.807, 2.05) is 36.4 Å². The van der Waals surface area contributed by atoms with Gasteiger partial charge >= 0.3 is 0 Å². The Balaban J connectivity index is 0.000000166. The second-order valence-electron chi connectivity index (χ2n) is 14.8. The number of nitrogens with zero attached hydrogens (tertiary/aromatic N) is 4. The van der Waals surface area contributed by atoms with Crippen LogP contribution in [0.3, 0.4) is 0 Å². The van der Waals surface area contributed by atoms with Gasteiger partial charge in [-0.25, -0.2) is 26.8 Å². The summed E-state index contributed by atoms with van der Waals surface area (Å²) in [5, 5.41) is 1.87. The quantitative estimate of drug-likeness (QED) is 0.120. The van der Waals surface area contributed by atoms with Gasteiger partial charge in [0.25, 0.3) is 0 Å². The smallest absolute Gasteiger partial charge is 0.241 e. The maximum absolute atomic E-state index is 13.5. The molecule has 20 heteroatoms. The van der Waals surface area contributed by atoms with Crippen molar-refractivity contribution in [3.05, 3.63) is 143 Å². The van der Waals surface area contributed by atoms with Gasteiger partial charge in [-0.3, -0.25) is 9.97 Å². The molecule has 340 valence electrons. The molecule has 2 N–H and O–H groups in total. The molecule has 2 aliphatic heterocycles. The lowest BCUT2D eigenvalue weighted by atomic mass is 10.1. The summed E-state index contributed by atoms with van der Waals surface area (Å²) in [4.78, 5) is 20.4. The van der Waals surface area contributed by atoms with E-state index in [1.54, 1.807) is 61.4 Å². The number of pyridine rings is 4. The van der Waals surface area contributed by atoms with E-state index in [1.165, 1.54) is 61.2 Å². The molecule has 0 saturated carbocycles. The molecule has 66 heavy (non-hydrogen) atoms. The first kappa shape index (κ1) is 44.8. The summed E-state index contributed by atoms with van der Waals surface area (Å²) in [7, 11) is -4.82. The molecule has 0 aliphatic carbocycles. The van der Waals surface area contributed by atoms with Gasteiger partial charge in [0.1, 0.15) is 21.2 Å². The van der Waals surface area contributed by atoms with E-state index in [4.69, 9.17) is 28.4 Å². The Bertz CT molecular complexity index is 2960. The number of ether oxygens (including phenoxy) is 6. The van der Waals surface area contributed by atoms with Crippen LogP contribution in [0.1, 0.15) is 45.8 Å². The van der Waals surface area contributed by atoms with Crippen LogP contribution in [0.4, 0.5) is 0 Å². The molecule has 2 aromatic carbocycles. The van der Waals surface area contributed by atoms with Gasteiger partial charge in [-0.05, 0) is 60.7 Å². The molecule has 2 atom stereocenters. The molecular formula is C46H42N6O10S4. The number of nitrogens with one attached hydrogen (secondary N) is 2. The third-order valence-corrected chi connectivity index (χ3v) is 15.6. The number of aromatic nitrogens is 4. The van der Waals surface area contributed by atoms with Crippen LogP contribution in [0.25, 0.3) is 20.4 Å². The highest BCUT2D eigenvalue weighted by molar-refractivity contribution is 7.89. The monoisotopic (exact) mass is 966 g/mol. The largest absolute Gasteiger partial charge is 0.495 e. The van der Waals surface area contributed by atoms with Crippen molar-refractivity contribution < 1.29 is 45.3 Å². The van der Waals surface area contributed by atoms with E-state index < -0.39 is 32.1 Å². The van der Waals surface area contributed by atoms with Crippen molar-refractivity contribution in [2.75, 3.05) is 40.6 Å². The van der Waals surface area contributed by atoms with Gasteiger partial charge in [-0.1, -0.05) is 12.1 Å². The Hall–Kier alpha value is -6.42. The fourth-order valence-corrected chi connectivity index (χ4v) is 12.0. The van der Waals surface area contributed by atoms with Crippen LogP contribution in [-0.4, -0.2) is 77.4 Å². The van der Waals surface area contributed by atoms with E-state index >= 15 is 0 Å². The highest BCUT2D eigenvalue weighted by Crippen LogP contribution is 2.40. The number of benzene rings is 2. The third-order valence-electron chi connectivity index (χ3n) is 10.5. The van der Waals surface area contributed by atoms with Crippen LogP contribution in [0.5, 0.6) is 34.5 Å². The summed E-state index contributed by atoms with van der Waals surface area (Å²) in [6, 6.07) is 22.8. The minimum Gasteiger partial charge on any atom is -0.495 e. The SMILES string of the molecule is COc1cnccc1[C@@H](NS(=O)(=O)c1ccc2c(c1)OCCCO2)c1cc2cccnc2s1.COc1cnccc1[C@H](NS(=O)(=O)c1ccc2c(c1)OCCCO2)c1cc2cccnc2s1. The lowest BCUT2D eigenvalue weighted by molar-refractivity contribution is 0.296. The summed E-state index contributed by atoms with van der Waals surface area (Å²) in [5.41, 5.74) is 1.30. The molecule has 8 aromatic rings. The fraction of sp³-hybridized carbons (Fsp3) is 0.217. The van der Waals surface area contributed by atoms with Crippen LogP contribution < -0.4 is 37.9 Å². The molecule has 8 heterocycles. The third kappa shape index (κ3) is 9.74.